The van der Waals surface area contributed by atoms with Crippen LogP contribution in [0.25, 0.3) is 0 Å². The summed E-state index contributed by atoms with van der Waals surface area (Å²) in [5.74, 6) is -0.645. The fourth-order valence-electron chi connectivity index (χ4n) is 1.46. The average Bonchev–Trinajstić information content (AvgIpc) is 2.32. The van der Waals surface area contributed by atoms with Crippen molar-refractivity contribution in [1.29, 1.82) is 0 Å². The van der Waals surface area contributed by atoms with Gasteiger partial charge in [0.2, 0.25) is 0 Å². The van der Waals surface area contributed by atoms with E-state index in [-0.39, 0.29) is 10.6 Å². The van der Waals surface area contributed by atoms with Crippen LogP contribution < -0.4 is 10.5 Å². The van der Waals surface area contributed by atoms with Crippen molar-refractivity contribution in [2.75, 3.05) is 10.5 Å². The molecule has 2 aromatic rings. The minimum Gasteiger partial charge on any atom is -0.396 e. The van der Waals surface area contributed by atoms with Gasteiger partial charge in [0, 0.05) is 9.26 Å². The van der Waals surface area contributed by atoms with Crippen LogP contribution in [0.1, 0.15) is 0 Å². The number of anilines is 2. The zero-order valence-corrected chi connectivity index (χ0v) is 12.6. The van der Waals surface area contributed by atoms with Gasteiger partial charge in [-0.25, -0.2) is 12.8 Å². The predicted molar refractivity (Wildman–Crippen MR) is 80.8 cm³/mol. The van der Waals surface area contributed by atoms with Crippen LogP contribution in [0.5, 0.6) is 0 Å². The van der Waals surface area contributed by atoms with Crippen LogP contribution in [0.2, 0.25) is 0 Å². The van der Waals surface area contributed by atoms with E-state index >= 15 is 0 Å². The Morgan fingerprint density at radius 3 is 2.53 bits per heavy atom. The van der Waals surface area contributed by atoms with Gasteiger partial charge in [0.05, 0.1) is 10.6 Å². The first-order chi connectivity index (χ1) is 8.88. The first kappa shape index (κ1) is 14.1. The third kappa shape index (κ3) is 3.35. The normalized spacial score (nSPS) is 11.3. The highest BCUT2D eigenvalue weighted by Gasteiger charge is 2.15. The summed E-state index contributed by atoms with van der Waals surface area (Å²) < 4.78 is 40.5. The van der Waals surface area contributed by atoms with Crippen LogP contribution in [0.4, 0.5) is 15.8 Å². The van der Waals surface area contributed by atoms with E-state index < -0.39 is 15.8 Å². The molecule has 0 spiro atoms. The number of hydrogen-bond donors (Lipinski definition) is 2. The predicted octanol–water partition coefficient (Wildman–Crippen LogP) is 2.81. The SMILES string of the molecule is Nc1cc(S(=O)(=O)Nc2cccc(I)c2)ccc1F. The first-order valence-corrected chi connectivity index (χ1v) is 7.78. The molecule has 0 fully saturated rings. The number of rotatable bonds is 3. The Morgan fingerprint density at radius 1 is 1.16 bits per heavy atom. The van der Waals surface area contributed by atoms with Crippen molar-refractivity contribution in [1.82, 2.24) is 0 Å². The third-order valence-electron chi connectivity index (χ3n) is 2.35. The summed E-state index contributed by atoms with van der Waals surface area (Å²) in [5, 5.41) is 0. The second-order valence-corrected chi connectivity index (χ2v) is 6.73. The van der Waals surface area contributed by atoms with Crippen LogP contribution in [-0.4, -0.2) is 8.42 Å². The van der Waals surface area contributed by atoms with E-state index in [9.17, 15) is 12.8 Å². The Labute approximate surface area is 124 Å². The molecule has 0 aromatic heterocycles. The zero-order chi connectivity index (χ0) is 14.0. The van der Waals surface area contributed by atoms with Gasteiger partial charge in [-0.15, -0.1) is 0 Å². The molecule has 0 heterocycles. The third-order valence-corrected chi connectivity index (χ3v) is 4.40. The average molecular weight is 392 g/mol. The molecule has 0 saturated carbocycles. The quantitative estimate of drug-likeness (QED) is 0.624. The van der Waals surface area contributed by atoms with Gasteiger partial charge in [0.1, 0.15) is 5.82 Å². The number of benzene rings is 2. The van der Waals surface area contributed by atoms with Gasteiger partial charge in [-0.2, -0.15) is 0 Å². The van der Waals surface area contributed by atoms with Gasteiger partial charge >= 0.3 is 0 Å². The summed E-state index contributed by atoms with van der Waals surface area (Å²) in [7, 11) is -3.77. The molecule has 7 heteroatoms. The van der Waals surface area contributed by atoms with Gasteiger partial charge < -0.3 is 5.73 Å². The maximum atomic E-state index is 13.0. The molecule has 0 aliphatic carbocycles. The summed E-state index contributed by atoms with van der Waals surface area (Å²) in [6.07, 6.45) is 0. The van der Waals surface area contributed by atoms with Crippen molar-refractivity contribution in [3.63, 3.8) is 0 Å². The highest BCUT2D eigenvalue weighted by molar-refractivity contribution is 14.1. The van der Waals surface area contributed by atoms with E-state index in [4.69, 9.17) is 5.73 Å². The minimum absolute atomic E-state index is 0.0785. The van der Waals surface area contributed by atoms with Crippen LogP contribution in [0.15, 0.2) is 47.4 Å². The van der Waals surface area contributed by atoms with E-state index in [0.29, 0.717) is 5.69 Å². The van der Waals surface area contributed by atoms with E-state index in [0.717, 1.165) is 15.7 Å². The molecule has 0 saturated heterocycles. The van der Waals surface area contributed by atoms with Crippen molar-refractivity contribution in [3.05, 3.63) is 51.9 Å². The number of halogens is 2. The van der Waals surface area contributed by atoms with Crippen molar-refractivity contribution in [2.45, 2.75) is 4.90 Å². The monoisotopic (exact) mass is 392 g/mol. The molecule has 2 rings (SSSR count). The Balaban J connectivity index is 2.35. The lowest BCUT2D eigenvalue weighted by molar-refractivity contribution is 0.600. The molecule has 0 atom stereocenters. The van der Waals surface area contributed by atoms with Crippen LogP contribution in [-0.2, 0) is 10.0 Å². The van der Waals surface area contributed by atoms with E-state index in [1.54, 1.807) is 18.2 Å². The molecule has 0 amide bonds. The molecule has 4 nitrogen and oxygen atoms in total. The van der Waals surface area contributed by atoms with Crippen LogP contribution in [0, 0.1) is 9.39 Å². The second-order valence-electron chi connectivity index (χ2n) is 3.80. The van der Waals surface area contributed by atoms with E-state index in [1.807, 2.05) is 6.07 Å². The molecule has 2 aromatic carbocycles. The Morgan fingerprint density at radius 2 is 1.89 bits per heavy atom. The highest BCUT2D eigenvalue weighted by atomic mass is 127. The van der Waals surface area contributed by atoms with Crippen molar-refractivity contribution < 1.29 is 12.8 Å². The Hall–Kier alpha value is -1.35. The fraction of sp³-hybridized carbons (Fsp3) is 0. The maximum Gasteiger partial charge on any atom is 0.261 e. The van der Waals surface area contributed by atoms with Crippen LogP contribution >= 0.6 is 22.6 Å². The van der Waals surface area contributed by atoms with Crippen molar-refractivity contribution >= 4 is 44.0 Å². The number of nitrogens with one attached hydrogen (secondary N) is 1. The summed E-state index contributed by atoms with van der Waals surface area (Å²) >= 11 is 2.08. The van der Waals surface area contributed by atoms with E-state index in [2.05, 4.69) is 27.3 Å². The topological polar surface area (TPSA) is 72.2 Å². The highest BCUT2D eigenvalue weighted by Crippen LogP contribution is 2.20. The molecular formula is C12H10FIN2O2S. The number of hydrogen-bond acceptors (Lipinski definition) is 3. The molecule has 3 N–H and O–H groups in total. The smallest absolute Gasteiger partial charge is 0.261 e. The summed E-state index contributed by atoms with van der Waals surface area (Å²) in [6.45, 7) is 0. The zero-order valence-electron chi connectivity index (χ0n) is 9.60. The lowest BCUT2D eigenvalue weighted by atomic mass is 10.3. The number of nitrogen functional groups attached to an aromatic ring is 1. The van der Waals surface area contributed by atoms with Gasteiger partial charge in [-0.1, -0.05) is 6.07 Å². The second kappa shape index (κ2) is 5.33. The first-order valence-electron chi connectivity index (χ1n) is 5.22. The molecule has 0 radical (unpaired) electrons. The molecule has 0 bridgehead atoms. The Kier molecular flexibility index (Phi) is 3.95. The molecular weight excluding hydrogens is 382 g/mol. The fourth-order valence-corrected chi connectivity index (χ4v) is 3.08. The van der Waals surface area contributed by atoms with Crippen molar-refractivity contribution in [3.8, 4) is 0 Å². The van der Waals surface area contributed by atoms with Gasteiger partial charge in [-0.05, 0) is 59.0 Å². The molecule has 19 heavy (non-hydrogen) atoms. The van der Waals surface area contributed by atoms with Gasteiger partial charge in [0.25, 0.3) is 10.0 Å². The van der Waals surface area contributed by atoms with Gasteiger partial charge in [-0.3, -0.25) is 4.72 Å². The van der Waals surface area contributed by atoms with E-state index in [1.165, 1.54) is 6.07 Å². The number of sulfonamides is 1. The molecule has 100 valence electrons. The van der Waals surface area contributed by atoms with Gasteiger partial charge in [0.15, 0.2) is 0 Å². The molecule has 0 aliphatic heterocycles. The molecule has 0 unspecified atom stereocenters. The molecule has 0 aliphatic rings. The summed E-state index contributed by atoms with van der Waals surface area (Å²) in [5.41, 5.74) is 5.60. The maximum absolute atomic E-state index is 13.0. The summed E-state index contributed by atoms with van der Waals surface area (Å²) in [4.78, 5) is -0.0785. The van der Waals surface area contributed by atoms with Crippen LogP contribution in [0.3, 0.4) is 0 Å². The standard InChI is InChI=1S/C12H10FIN2O2S/c13-11-5-4-10(7-12(11)15)19(17,18)16-9-3-1-2-8(14)6-9/h1-7,16H,15H2. The number of nitrogens with two attached hydrogens (primary N) is 1. The minimum atomic E-state index is -3.77. The van der Waals surface area contributed by atoms with Crippen molar-refractivity contribution in [2.24, 2.45) is 0 Å². The largest absolute Gasteiger partial charge is 0.396 e. The lowest BCUT2D eigenvalue weighted by Crippen LogP contribution is -2.13. The Bertz CT molecular complexity index is 719. The lowest BCUT2D eigenvalue weighted by Gasteiger charge is -2.09. The summed E-state index contributed by atoms with van der Waals surface area (Å²) in [6, 6.07) is 10.2.